The number of halogens is 1. The van der Waals surface area contributed by atoms with Crippen LogP contribution in [0, 0.1) is 5.82 Å². The third-order valence-corrected chi connectivity index (χ3v) is 4.79. The maximum Gasteiger partial charge on any atom is 0.329 e. The lowest BCUT2D eigenvalue weighted by atomic mass is 9.99. The number of amides is 4. The van der Waals surface area contributed by atoms with Gasteiger partial charge in [-0.2, -0.15) is 0 Å². The van der Waals surface area contributed by atoms with Crippen molar-refractivity contribution >= 4 is 29.2 Å². The molecule has 0 aliphatic carbocycles. The van der Waals surface area contributed by atoms with Gasteiger partial charge in [0, 0.05) is 13.2 Å². The SMILES string of the molecule is CN1C=C(C(=O)Nc2ccccc2F)C2NC(=O)N(c3ccccc3)C(=O)C21. The van der Waals surface area contributed by atoms with Crippen molar-refractivity contribution in [2.75, 3.05) is 17.3 Å². The molecule has 1 saturated heterocycles. The van der Waals surface area contributed by atoms with Crippen molar-refractivity contribution in [1.82, 2.24) is 10.2 Å². The summed E-state index contributed by atoms with van der Waals surface area (Å²) in [5, 5.41) is 5.21. The summed E-state index contributed by atoms with van der Waals surface area (Å²) in [4.78, 5) is 40.9. The van der Waals surface area contributed by atoms with Gasteiger partial charge in [-0.1, -0.05) is 30.3 Å². The minimum Gasteiger partial charge on any atom is -0.366 e. The standard InChI is InChI=1S/C20H17FN4O3/c1-24-11-13(18(26)22-15-10-6-5-9-14(15)21)16-17(24)19(27)25(20(28)23-16)12-7-3-2-4-8-12/h2-11,16-17H,1H3,(H,22,26)(H,23,28). The minimum absolute atomic E-state index is 0.0267. The molecule has 0 saturated carbocycles. The van der Waals surface area contributed by atoms with Crippen LogP contribution >= 0.6 is 0 Å². The zero-order valence-electron chi connectivity index (χ0n) is 14.9. The van der Waals surface area contributed by atoms with Gasteiger partial charge in [-0.15, -0.1) is 0 Å². The van der Waals surface area contributed by atoms with Crippen molar-refractivity contribution in [3.8, 4) is 0 Å². The van der Waals surface area contributed by atoms with E-state index in [1.54, 1.807) is 48.3 Å². The summed E-state index contributed by atoms with van der Waals surface area (Å²) < 4.78 is 13.8. The number of nitrogens with zero attached hydrogens (tertiary/aromatic N) is 2. The molecule has 7 nitrogen and oxygen atoms in total. The van der Waals surface area contributed by atoms with Gasteiger partial charge in [0.15, 0.2) is 0 Å². The second-order valence-corrected chi connectivity index (χ2v) is 6.57. The molecule has 2 aliphatic heterocycles. The highest BCUT2D eigenvalue weighted by atomic mass is 19.1. The number of anilines is 2. The summed E-state index contributed by atoms with van der Waals surface area (Å²) in [5.74, 6) is -1.59. The predicted molar refractivity (Wildman–Crippen MR) is 101 cm³/mol. The predicted octanol–water partition coefficient (Wildman–Crippen LogP) is 2.09. The van der Waals surface area contributed by atoms with Crippen molar-refractivity contribution in [3.63, 3.8) is 0 Å². The highest BCUT2D eigenvalue weighted by Gasteiger charge is 2.49. The van der Waals surface area contributed by atoms with E-state index < -0.39 is 35.7 Å². The molecule has 1 fully saturated rings. The number of rotatable bonds is 3. The van der Waals surface area contributed by atoms with E-state index in [9.17, 15) is 18.8 Å². The lowest BCUT2D eigenvalue weighted by Gasteiger charge is -2.37. The number of benzene rings is 2. The van der Waals surface area contributed by atoms with Gasteiger partial charge in [-0.3, -0.25) is 9.59 Å². The van der Waals surface area contributed by atoms with Crippen LogP contribution in [-0.4, -0.2) is 41.9 Å². The Hall–Kier alpha value is -3.68. The molecule has 4 amide bonds. The second kappa shape index (κ2) is 6.80. The molecule has 0 bridgehead atoms. The molecule has 2 aromatic carbocycles. The number of nitrogens with one attached hydrogen (secondary N) is 2. The Morgan fingerprint density at radius 1 is 1.07 bits per heavy atom. The highest BCUT2D eigenvalue weighted by Crippen LogP contribution is 2.30. The first-order valence-corrected chi connectivity index (χ1v) is 8.66. The molecule has 0 aromatic heterocycles. The van der Waals surface area contributed by atoms with E-state index in [1.807, 2.05) is 0 Å². The Bertz CT molecular complexity index is 992. The maximum atomic E-state index is 13.8. The first-order valence-electron chi connectivity index (χ1n) is 8.66. The maximum absolute atomic E-state index is 13.8. The summed E-state index contributed by atoms with van der Waals surface area (Å²) in [7, 11) is 1.65. The van der Waals surface area contributed by atoms with Crippen LogP contribution < -0.4 is 15.5 Å². The first-order chi connectivity index (χ1) is 13.5. The summed E-state index contributed by atoms with van der Waals surface area (Å²) in [6.45, 7) is 0. The quantitative estimate of drug-likeness (QED) is 0.854. The lowest BCUT2D eigenvalue weighted by Crippen LogP contribution is -2.65. The van der Waals surface area contributed by atoms with E-state index in [0.717, 1.165) is 4.90 Å². The summed E-state index contributed by atoms with van der Waals surface area (Å²) in [5.41, 5.74) is 0.658. The molecule has 2 aromatic rings. The van der Waals surface area contributed by atoms with E-state index >= 15 is 0 Å². The highest BCUT2D eigenvalue weighted by molar-refractivity contribution is 6.20. The van der Waals surface area contributed by atoms with E-state index in [2.05, 4.69) is 10.6 Å². The molecule has 0 spiro atoms. The number of likely N-dealkylation sites (N-methyl/N-ethyl adjacent to an activating group) is 1. The fourth-order valence-corrected chi connectivity index (χ4v) is 3.47. The number of imide groups is 1. The number of hydrogen-bond acceptors (Lipinski definition) is 4. The topological polar surface area (TPSA) is 81.8 Å². The number of para-hydroxylation sites is 2. The van der Waals surface area contributed by atoms with Crippen LogP contribution in [-0.2, 0) is 9.59 Å². The van der Waals surface area contributed by atoms with Gasteiger partial charge in [0.25, 0.3) is 11.8 Å². The molecule has 0 radical (unpaired) electrons. The van der Waals surface area contributed by atoms with Crippen molar-refractivity contribution < 1.29 is 18.8 Å². The molecule has 2 N–H and O–H groups in total. The normalized spacial score (nSPS) is 21.1. The van der Waals surface area contributed by atoms with Crippen LogP contribution in [0.3, 0.4) is 0 Å². The Morgan fingerprint density at radius 2 is 1.75 bits per heavy atom. The Kier molecular flexibility index (Phi) is 4.31. The van der Waals surface area contributed by atoms with Crippen LogP contribution in [0.2, 0.25) is 0 Å². The van der Waals surface area contributed by atoms with Gasteiger partial charge in [0.1, 0.15) is 11.9 Å². The van der Waals surface area contributed by atoms with Gasteiger partial charge in [-0.25, -0.2) is 14.1 Å². The van der Waals surface area contributed by atoms with Crippen LogP contribution in [0.5, 0.6) is 0 Å². The van der Waals surface area contributed by atoms with Crippen LogP contribution in [0.25, 0.3) is 0 Å². The van der Waals surface area contributed by atoms with Crippen molar-refractivity contribution in [3.05, 3.63) is 72.2 Å². The van der Waals surface area contributed by atoms with Gasteiger partial charge in [-0.05, 0) is 24.3 Å². The molecular formula is C20H17FN4O3. The van der Waals surface area contributed by atoms with Crippen molar-refractivity contribution in [2.24, 2.45) is 0 Å². The summed E-state index contributed by atoms with van der Waals surface area (Å²) in [6, 6.07) is 12.1. The summed E-state index contributed by atoms with van der Waals surface area (Å²) >= 11 is 0. The third kappa shape index (κ3) is 2.88. The van der Waals surface area contributed by atoms with E-state index in [-0.39, 0.29) is 11.3 Å². The molecule has 2 aliphatic rings. The number of carbonyl (C=O) groups is 3. The number of urea groups is 1. The van der Waals surface area contributed by atoms with Crippen LogP contribution in [0.15, 0.2) is 66.4 Å². The molecule has 28 heavy (non-hydrogen) atoms. The monoisotopic (exact) mass is 380 g/mol. The summed E-state index contributed by atoms with van der Waals surface area (Å²) in [6.07, 6.45) is 1.50. The number of carbonyl (C=O) groups excluding carboxylic acids is 3. The first kappa shape index (κ1) is 17.7. The molecule has 142 valence electrons. The zero-order valence-corrected chi connectivity index (χ0v) is 14.9. The van der Waals surface area contributed by atoms with Crippen LogP contribution in [0.1, 0.15) is 0 Å². The van der Waals surface area contributed by atoms with E-state index in [0.29, 0.717) is 5.69 Å². The average molecular weight is 380 g/mol. The third-order valence-electron chi connectivity index (χ3n) is 4.79. The van der Waals surface area contributed by atoms with Gasteiger partial charge in [0.2, 0.25) is 0 Å². The van der Waals surface area contributed by atoms with E-state index in [4.69, 9.17) is 0 Å². The average Bonchev–Trinajstić information content (AvgIpc) is 3.01. The Labute approximate surface area is 160 Å². The Balaban J connectivity index is 1.59. The van der Waals surface area contributed by atoms with Gasteiger partial charge >= 0.3 is 6.03 Å². The zero-order chi connectivity index (χ0) is 19.8. The number of hydrogen-bond donors (Lipinski definition) is 2. The van der Waals surface area contributed by atoms with Crippen molar-refractivity contribution in [1.29, 1.82) is 0 Å². The molecule has 8 heteroatoms. The van der Waals surface area contributed by atoms with E-state index in [1.165, 1.54) is 24.4 Å². The second-order valence-electron chi connectivity index (χ2n) is 6.57. The minimum atomic E-state index is -0.822. The fourth-order valence-electron chi connectivity index (χ4n) is 3.47. The molecule has 4 rings (SSSR count). The fraction of sp³-hybridized carbons (Fsp3) is 0.150. The molecule has 2 heterocycles. The Morgan fingerprint density at radius 3 is 2.46 bits per heavy atom. The lowest BCUT2D eigenvalue weighted by molar-refractivity contribution is -0.122. The largest absolute Gasteiger partial charge is 0.366 e. The van der Waals surface area contributed by atoms with Crippen molar-refractivity contribution in [2.45, 2.75) is 12.1 Å². The number of fused-ring (bicyclic) bond motifs is 1. The molecule has 2 atom stereocenters. The molecule has 2 unspecified atom stereocenters. The van der Waals surface area contributed by atoms with Gasteiger partial charge < -0.3 is 15.5 Å². The van der Waals surface area contributed by atoms with Gasteiger partial charge in [0.05, 0.1) is 23.0 Å². The van der Waals surface area contributed by atoms with Crippen LogP contribution in [0.4, 0.5) is 20.6 Å². The molecular weight excluding hydrogens is 363 g/mol. The smallest absolute Gasteiger partial charge is 0.329 e.